The molecule has 0 aromatic heterocycles. The van der Waals surface area contributed by atoms with E-state index in [1.165, 1.54) is 17.0 Å². The molecule has 1 atom stereocenters. The summed E-state index contributed by atoms with van der Waals surface area (Å²) in [6.07, 6.45) is 0. The predicted octanol–water partition coefficient (Wildman–Crippen LogP) is 0.731. The highest BCUT2D eigenvalue weighted by molar-refractivity contribution is 9.10. The normalized spacial score (nSPS) is 22.5. The smallest absolute Gasteiger partial charge is 0.312 e. The molecule has 7 heteroatoms. The monoisotopic (exact) mass is 355 g/mol. The van der Waals surface area contributed by atoms with Crippen molar-refractivity contribution in [1.29, 1.82) is 0 Å². The minimum atomic E-state index is -0.510. The highest BCUT2D eigenvalue weighted by Crippen LogP contribution is 2.22. The number of carbonyl (C=O) groups excluding carboxylic acids is 2. The van der Waals surface area contributed by atoms with E-state index >= 15 is 0 Å². The fraction of sp³-hybridized carbons (Fsp3) is 0.429. The molecule has 3 rings (SSSR count). The number of amides is 2. The van der Waals surface area contributed by atoms with Crippen molar-refractivity contribution in [3.63, 3.8) is 0 Å². The first-order valence-corrected chi connectivity index (χ1v) is 7.60. The lowest BCUT2D eigenvalue weighted by molar-refractivity contribution is -0.160. The highest BCUT2D eigenvalue weighted by atomic mass is 79.9. The molecule has 2 heterocycles. The van der Waals surface area contributed by atoms with Gasteiger partial charge in [0.05, 0.1) is 6.04 Å². The third-order valence-corrected chi connectivity index (χ3v) is 4.65. The average Bonchev–Trinajstić information content (AvgIpc) is 2.48. The van der Waals surface area contributed by atoms with E-state index < -0.39 is 11.8 Å². The van der Waals surface area contributed by atoms with E-state index in [0.717, 1.165) is 4.47 Å². The quantitative estimate of drug-likeness (QED) is 0.795. The summed E-state index contributed by atoms with van der Waals surface area (Å²) < 4.78 is 14.1. The number of carbonyl (C=O) groups is 2. The first-order chi connectivity index (χ1) is 10.1. The Bertz CT molecular complexity index is 596. The lowest BCUT2D eigenvalue weighted by Crippen LogP contribution is -2.65. The average molecular weight is 356 g/mol. The number of nitrogens with one attached hydrogen (secondary N) is 1. The zero-order valence-corrected chi connectivity index (χ0v) is 12.9. The summed E-state index contributed by atoms with van der Waals surface area (Å²) in [7, 11) is 0. The number of hydrogen-bond donors (Lipinski definition) is 1. The molecule has 0 radical (unpaired) electrons. The summed E-state index contributed by atoms with van der Waals surface area (Å²) in [5, 5.41) is 3.22. The van der Waals surface area contributed by atoms with Gasteiger partial charge in [0.2, 0.25) is 0 Å². The number of benzene rings is 1. The standard InChI is InChI=1S/C14H15BrFN3O2/c15-12-2-1-10(16)5-9(12)7-18-8-11-6-17-3-4-19(11)14(21)13(18)20/h1-2,5,11,17H,3-4,6-8H2. The fourth-order valence-corrected chi connectivity index (χ4v) is 3.17. The van der Waals surface area contributed by atoms with Gasteiger partial charge in [0.1, 0.15) is 5.82 Å². The van der Waals surface area contributed by atoms with Gasteiger partial charge in [0.15, 0.2) is 0 Å². The van der Waals surface area contributed by atoms with Crippen molar-refractivity contribution < 1.29 is 14.0 Å². The summed E-state index contributed by atoms with van der Waals surface area (Å²) in [5.74, 6) is -1.32. The van der Waals surface area contributed by atoms with Crippen molar-refractivity contribution >= 4 is 27.7 Å². The number of nitrogens with zero attached hydrogens (tertiary/aromatic N) is 2. The van der Waals surface area contributed by atoms with Crippen LogP contribution in [0.3, 0.4) is 0 Å². The topological polar surface area (TPSA) is 52.7 Å². The molecule has 1 aromatic carbocycles. The third kappa shape index (κ3) is 2.80. The lowest BCUT2D eigenvalue weighted by atomic mass is 10.1. The minimum Gasteiger partial charge on any atom is -0.328 e. The molecule has 0 bridgehead atoms. The van der Waals surface area contributed by atoms with E-state index in [4.69, 9.17) is 0 Å². The molecule has 1 N–H and O–H groups in total. The van der Waals surface area contributed by atoms with Crippen molar-refractivity contribution in [1.82, 2.24) is 15.1 Å². The Hall–Kier alpha value is -1.47. The van der Waals surface area contributed by atoms with Crippen LogP contribution in [0.2, 0.25) is 0 Å². The van der Waals surface area contributed by atoms with Gasteiger partial charge in [-0.05, 0) is 23.8 Å². The number of fused-ring (bicyclic) bond motifs is 1. The fourth-order valence-electron chi connectivity index (χ4n) is 2.79. The van der Waals surface area contributed by atoms with Crippen LogP contribution in [0.1, 0.15) is 5.56 Å². The van der Waals surface area contributed by atoms with E-state index in [9.17, 15) is 14.0 Å². The van der Waals surface area contributed by atoms with Crippen LogP contribution in [0.25, 0.3) is 0 Å². The summed E-state index contributed by atoms with van der Waals surface area (Å²) in [5.41, 5.74) is 0.661. The van der Waals surface area contributed by atoms with Gasteiger partial charge < -0.3 is 15.1 Å². The molecule has 1 unspecified atom stereocenters. The van der Waals surface area contributed by atoms with Crippen molar-refractivity contribution in [2.45, 2.75) is 12.6 Å². The van der Waals surface area contributed by atoms with E-state index in [0.29, 0.717) is 31.7 Å². The molecule has 21 heavy (non-hydrogen) atoms. The van der Waals surface area contributed by atoms with Gasteiger partial charge in [-0.3, -0.25) is 9.59 Å². The molecule has 2 fully saturated rings. The van der Waals surface area contributed by atoms with Crippen LogP contribution in [0, 0.1) is 5.82 Å². The maximum atomic E-state index is 13.3. The van der Waals surface area contributed by atoms with Crippen molar-refractivity contribution in [2.75, 3.05) is 26.2 Å². The van der Waals surface area contributed by atoms with Gasteiger partial charge in [-0.2, -0.15) is 0 Å². The molecule has 2 amide bonds. The van der Waals surface area contributed by atoms with Crippen LogP contribution in [0.4, 0.5) is 4.39 Å². The first kappa shape index (κ1) is 14.5. The first-order valence-electron chi connectivity index (χ1n) is 6.81. The number of rotatable bonds is 2. The van der Waals surface area contributed by atoms with Gasteiger partial charge in [-0.25, -0.2) is 4.39 Å². The van der Waals surface area contributed by atoms with Crippen molar-refractivity contribution in [3.05, 3.63) is 34.1 Å². The molecule has 0 saturated carbocycles. The van der Waals surface area contributed by atoms with Gasteiger partial charge in [0, 0.05) is 37.2 Å². The van der Waals surface area contributed by atoms with E-state index in [1.807, 2.05) is 0 Å². The minimum absolute atomic E-state index is 0.00344. The zero-order chi connectivity index (χ0) is 15.0. The SMILES string of the molecule is O=C1C(=O)N2CCNCC2CN1Cc1cc(F)ccc1Br. The zero-order valence-electron chi connectivity index (χ0n) is 11.3. The Kier molecular flexibility index (Phi) is 3.95. The van der Waals surface area contributed by atoms with E-state index in [2.05, 4.69) is 21.2 Å². The Morgan fingerprint density at radius 1 is 1.33 bits per heavy atom. The van der Waals surface area contributed by atoms with Gasteiger partial charge in [-0.1, -0.05) is 15.9 Å². The highest BCUT2D eigenvalue weighted by Gasteiger charge is 2.39. The van der Waals surface area contributed by atoms with Crippen LogP contribution in [-0.2, 0) is 16.1 Å². The Balaban J connectivity index is 1.80. The molecule has 5 nitrogen and oxygen atoms in total. The maximum Gasteiger partial charge on any atom is 0.312 e. The summed E-state index contributed by atoms with van der Waals surface area (Å²) in [4.78, 5) is 27.5. The van der Waals surface area contributed by atoms with Gasteiger partial charge in [0.25, 0.3) is 0 Å². The third-order valence-electron chi connectivity index (χ3n) is 3.88. The molecule has 1 aromatic rings. The molecular weight excluding hydrogens is 341 g/mol. The largest absolute Gasteiger partial charge is 0.328 e. The van der Waals surface area contributed by atoms with Gasteiger partial charge in [-0.15, -0.1) is 0 Å². The van der Waals surface area contributed by atoms with E-state index in [1.54, 1.807) is 11.0 Å². The molecule has 2 aliphatic rings. The van der Waals surface area contributed by atoms with E-state index in [-0.39, 0.29) is 18.4 Å². The maximum absolute atomic E-state index is 13.3. The Labute approximate surface area is 130 Å². The molecule has 0 spiro atoms. The van der Waals surface area contributed by atoms with Crippen LogP contribution >= 0.6 is 15.9 Å². The Morgan fingerprint density at radius 2 is 2.14 bits per heavy atom. The Morgan fingerprint density at radius 3 is 2.95 bits per heavy atom. The van der Waals surface area contributed by atoms with Crippen LogP contribution in [0.5, 0.6) is 0 Å². The molecule has 2 aliphatic heterocycles. The second-order valence-electron chi connectivity index (χ2n) is 5.28. The number of piperazine rings is 2. The predicted molar refractivity (Wildman–Crippen MR) is 77.9 cm³/mol. The second-order valence-corrected chi connectivity index (χ2v) is 6.13. The molecule has 112 valence electrons. The summed E-state index contributed by atoms with van der Waals surface area (Å²) >= 11 is 3.35. The van der Waals surface area contributed by atoms with Gasteiger partial charge >= 0.3 is 11.8 Å². The van der Waals surface area contributed by atoms with Crippen molar-refractivity contribution in [2.24, 2.45) is 0 Å². The van der Waals surface area contributed by atoms with Crippen molar-refractivity contribution in [3.8, 4) is 0 Å². The van der Waals surface area contributed by atoms with Crippen LogP contribution in [-0.4, -0.2) is 53.8 Å². The van der Waals surface area contributed by atoms with Crippen LogP contribution in [0.15, 0.2) is 22.7 Å². The summed E-state index contributed by atoms with van der Waals surface area (Å²) in [6.45, 7) is 2.66. The lowest BCUT2D eigenvalue weighted by Gasteiger charge is -2.43. The number of hydrogen-bond acceptors (Lipinski definition) is 3. The molecular formula is C14H15BrFN3O2. The summed E-state index contributed by atoms with van der Waals surface area (Å²) in [6, 6.07) is 4.34. The molecule has 2 saturated heterocycles. The number of halogens is 2. The van der Waals surface area contributed by atoms with Crippen LogP contribution < -0.4 is 5.32 Å². The second kappa shape index (κ2) is 5.73. The molecule has 0 aliphatic carbocycles.